The van der Waals surface area contributed by atoms with E-state index in [1.54, 1.807) is 29.9 Å². The summed E-state index contributed by atoms with van der Waals surface area (Å²) < 4.78 is 2.81. The second kappa shape index (κ2) is 8.63. The fourth-order valence-corrected chi connectivity index (χ4v) is 4.39. The lowest BCUT2D eigenvalue weighted by molar-refractivity contribution is 0.698. The summed E-state index contributed by atoms with van der Waals surface area (Å²) in [5.41, 5.74) is 10.3. The highest BCUT2D eigenvalue weighted by atomic mass is 32.1. The number of benzene rings is 1. The first-order valence-corrected chi connectivity index (χ1v) is 10.9. The highest BCUT2D eigenvalue weighted by Gasteiger charge is 2.16. The van der Waals surface area contributed by atoms with E-state index in [-0.39, 0.29) is 6.04 Å². The smallest absolute Gasteiger partial charge is 0.162 e. The van der Waals surface area contributed by atoms with Crippen molar-refractivity contribution in [3.63, 3.8) is 0 Å². The Morgan fingerprint density at radius 1 is 1.00 bits per heavy atom. The average Bonchev–Trinajstić information content (AvgIpc) is 3.48. The SMILES string of the molecule is N[C@H](CNc1nc(-c2ccncc2)nc2c(-n3cccn3)csc12)Cc1ccccc1. The van der Waals surface area contributed by atoms with Crippen LogP contribution in [-0.4, -0.2) is 37.3 Å². The van der Waals surface area contributed by atoms with Gasteiger partial charge in [0.25, 0.3) is 0 Å². The van der Waals surface area contributed by atoms with Crippen molar-refractivity contribution in [1.29, 1.82) is 0 Å². The first kappa shape index (κ1) is 19.3. The third-order valence-corrected chi connectivity index (χ3v) is 5.92. The molecule has 0 amide bonds. The number of anilines is 1. The topological polar surface area (TPSA) is 94.5 Å². The van der Waals surface area contributed by atoms with E-state index in [1.165, 1.54) is 5.56 Å². The molecule has 0 aliphatic heterocycles. The highest BCUT2D eigenvalue weighted by molar-refractivity contribution is 7.18. The fourth-order valence-electron chi connectivity index (χ4n) is 3.45. The number of pyridine rings is 1. The van der Waals surface area contributed by atoms with Crippen LogP contribution in [0.2, 0.25) is 0 Å². The van der Waals surface area contributed by atoms with Crippen molar-refractivity contribution >= 4 is 27.4 Å². The molecule has 8 heteroatoms. The first-order valence-electron chi connectivity index (χ1n) is 10.0. The van der Waals surface area contributed by atoms with Crippen LogP contribution in [0.1, 0.15) is 5.56 Å². The van der Waals surface area contributed by atoms with Crippen LogP contribution >= 0.6 is 11.3 Å². The summed E-state index contributed by atoms with van der Waals surface area (Å²) >= 11 is 1.60. The van der Waals surface area contributed by atoms with Crippen LogP contribution in [0.25, 0.3) is 27.3 Å². The van der Waals surface area contributed by atoms with E-state index in [1.807, 2.05) is 47.3 Å². The minimum Gasteiger partial charge on any atom is -0.367 e. The van der Waals surface area contributed by atoms with Crippen LogP contribution in [-0.2, 0) is 6.42 Å². The van der Waals surface area contributed by atoms with Gasteiger partial charge in [-0.05, 0) is 30.2 Å². The third kappa shape index (κ3) is 4.16. The number of hydrogen-bond acceptors (Lipinski definition) is 7. The van der Waals surface area contributed by atoms with Gasteiger partial charge in [0.05, 0.1) is 4.70 Å². The minimum absolute atomic E-state index is 0.0395. The molecule has 0 saturated carbocycles. The lowest BCUT2D eigenvalue weighted by atomic mass is 10.1. The molecule has 3 N–H and O–H groups in total. The number of fused-ring (bicyclic) bond motifs is 1. The standard InChI is InChI=1S/C23H21N7S/c24-18(13-16-5-2-1-3-6-16)14-26-23-21-20(19(15-31-21)30-12-4-9-27-30)28-22(29-23)17-7-10-25-11-8-17/h1-12,15,18H,13-14,24H2,(H,26,28,29)/t18-/m0/s1. The van der Waals surface area contributed by atoms with Crippen LogP contribution < -0.4 is 11.1 Å². The van der Waals surface area contributed by atoms with Gasteiger partial charge in [0.15, 0.2) is 5.82 Å². The summed E-state index contributed by atoms with van der Waals surface area (Å²) in [6.07, 6.45) is 7.96. The van der Waals surface area contributed by atoms with Crippen LogP contribution in [0.4, 0.5) is 5.82 Å². The van der Waals surface area contributed by atoms with E-state index in [9.17, 15) is 0 Å². The second-order valence-corrected chi connectivity index (χ2v) is 8.09. The molecule has 0 aliphatic carbocycles. The van der Waals surface area contributed by atoms with Gasteiger partial charge in [-0.2, -0.15) is 5.10 Å². The summed E-state index contributed by atoms with van der Waals surface area (Å²) in [4.78, 5) is 13.8. The van der Waals surface area contributed by atoms with Gasteiger partial charge in [-0.25, -0.2) is 14.6 Å². The third-order valence-electron chi connectivity index (χ3n) is 4.96. The normalized spacial score (nSPS) is 12.2. The molecule has 7 nitrogen and oxygen atoms in total. The quantitative estimate of drug-likeness (QED) is 0.409. The van der Waals surface area contributed by atoms with Crippen LogP contribution in [0.3, 0.4) is 0 Å². The van der Waals surface area contributed by atoms with E-state index < -0.39 is 0 Å². The molecule has 0 fully saturated rings. The summed E-state index contributed by atoms with van der Waals surface area (Å²) in [5, 5.41) is 9.89. The van der Waals surface area contributed by atoms with Gasteiger partial charge in [-0.15, -0.1) is 11.3 Å². The van der Waals surface area contributed by atoms with Crippen molar-refractivity contribution in [3.05, 3.63) is 84.3 Å². The summed E-state index contributed by atoms with van der Waals surface area (Å²) in [6, 6.07) is 16.0. The van der Waals surface area contributed by atoms with Gasteiger partial charge < -0.3 is 11.1 Å². The Kier molecular flexibility index (Phi) is 5.39. The van der Waals surface area contributed by atoms with Crippen LogP contribution in [0, 0.1) is 0 Å². The highest BCUT2D eigenvalue weighted by Crippen LogP contribution is 2.33. The number of thiophene rings is 1. The predicted molar refractivity (Wildman–Crippen MR) is 124 cm³/mol. The lowest BCUT2D eigenvalue weighted by Crippen LogP contribution is -2.31. The Morgan fingerprint density at radius 2 is 1.84 bits per heavy atom. The van der Waals surface area contributed by atoms with E-state index >= 15 is 0 Å². The Balaban J connectivity index is 1.49. The average molecular weight is 428 g/mol. The molecule has 4 heterocycles. The molecule has 5 aromatic rings. The van der Waals surface area contributed by atoms with Crippen molar-refractivity contribution in [2.45, 2.75) is 12.5 Å². The van der Waals surface area contributed by atoms with Crippen molar-refractivity contribution in [2.24, 2.45) is 5.73 Å². The molecular weight excluding hydrogens is 406 g/mol. The van der Waals surface area contributed by atoms with Gasteiger partial charge in [0.1, 0.15) is 17.0 Å². The molecule has 1 atom stereocenters. The molecule has 0 radical (unpaired) electrons. The molecule has 31 heavy (non-hydrogen) atoms. The van der Waals surface area contributed by atoms with Gasteiger partial charge >= 0.3 is 0 Å². The molecule has 1 aromatic carbocycles. The summed E-state index contributed by atoms with van der Waals surface area (Å²) in [7, 11) is 0. The molecule has 154 valence electrons. The molecule has 0 saturated heterocycles. The number of nitrogens with zero attached hydrogens (tertiary/aromatic N) is 5. The van der Waals surface area contributed by atoms with E-state index in [0.717, 1.165) is 33.7 Å². The van der Waals surface area contributed by atoms with Crippen molar-refractivity contribution < 1.29 is 0 Å². The number of aromatic nitrogens is 5. The monoisotopic (exact) mass is 427 g/mol. The molecule has 0 bridgehead atoms. The van der Waals surface area contributed by atoms with Crippen LogP contribution in [0.5, 0.6) is 0 Å². The Morgan fingerprint density at radius 3 is 2.61 bits per heavy atom. The maximum absolute atomic E-state index is 6.40. The zero-order chi connectivity index (χ0) is 21.0. The number of nitrogens with one attached hydrogen (secondary N) is 1. The lowest BCUT2D eigenvalue weighted by Gasteiger charge is -2.14. The molecular formula is C23H21N7S. The molecule has 0 spiro atoms. The van der Waals surface area contributed by atoms with Gasteiger partial charge in [-0.3, -0.25) is 4.98 Å². The fraction of sp³-hybridized carbons (Fsp3) is 0.130. The van der Waals surface area contributed by atoms with E-state index in [4.69, 9.17) is 15.7 Å². The number of nitrogens with two attached hydrogens (primary N) is 1. The van der Waals surface area contributed by atoms with Crippen molar-refractivity contribution in [2.75, 3.05) is 11.9 Å². The van der Waals surface area contributed by atoms with Gasteiger partial charge in [0.2, 0.25) is 0 Å². The number of rotatable bonds is 7. The molecule has 0 aliphatic rings. The first-order chi connectivity index (χ1) is 15.3. The summed E-state index contributed by atoms with van der Waals surface area (Å²) in [5.74, 6) is 1.42. The molecule has 4 aromatic heterocycles. The van der Waals surface area contributed by atoms with Crippen molar-refractivity contribution in [3.8, 4) is 17.1 Å². The van der Waals surface area contributed by atoms with Crippen molar-refractivity contribution in [1.82, 2.24) is 24.7 Å². The van der Waals surface area contributed by atoms with E-state index in [0.29, 0.717) is 12.4 Å². The molecule has 5 rings (SSSR count). The predicted octanol–water partition coefficient (Wildman–Crippen LogP) is 3.92. The Hall–Kier alpha value is -3.62. The maximum Gasteiger partial charge on any atom is 0.162 e. The van der Waals surface area contributed by atoms with E-state index in [2.05, 4.69) is 32.9 Å². The Bertz CT molecular complexity index is 1270. The largest absolute Gasteiger partial charge is 0.367 e. The summed E-state index contributed by atoms with van der Waals surface area (Å²) in [6.45, 7) is 0.603. The zero-order valence-corrected chi connectivity index (χ0v) is 17.5. The second-order valence-electron chi connectivity index (χ2n) is 7.21. The maximum atomic E-state index is 6.40. The minimum atomic E-state index is -0.0395. The zero-order valence-electron chi connectivity index (χ0n) is 16.7. The molecule has 0 unspecified atom stereocenters. The number of hydrogen-bond donors (Lipinski definition) is 2. The van der Waals surface area contributed by atoms with Gasteiger partial charge in [0, 0.05) is 48.3 Å². The van der Waals surface area contributed by atoms with Crippen LogP contribution in [0.15, 0.2) is 78.7 Å². The van der Waals surface area contributed by atoms with Gasteiger partial charge in [-0.1, -0.05) is 30.3 Å². The Labute approximate surface area is 183 Å².